The van der Waals surface area contributed by atoms with Crippen LogP contribution in [0.5, 0.6) is 0 Å². The van der Waals surface area contributed by atoms with Gasteiger partial charge in [0.05, 0.1) is 5.52 Å². The molecule has 0 spiro atoms. The number of benzene rings is 1. The van der Waals surface area contributed by atoms with Crippen LogP contribution in [0.3, 0.4) is 0 Å². The summed E-state index contributed by atoms with van der Waals surface area (Å²) >= 11 is 0. The highest BCUT2D eigenvalue weighted by molar-refractivity contribution is 5.79. The zero-order chi connectivity index (χ0) is 14.4. The Labute approximate surface area is 126 Å². The Kier molecular flexibility index (Phi) is 3.20. The maximum absolute atomic E-state index is 6.16. The summed E-state index contributed by atoms with van der Waals surface area (Å²) in [6.45, 7) is 3.11. The first-order valence-electron chi connectivity index (χ1n) is 8.06. The molecule has 2 aliphatic heterocycles. The minimum Gasteiger partial charge on any atom is -0.328 e. The molecule has 1 aromatic heterocycles. The number of pyridine rings is 1. The Morgan fingerprint density at radius 1 is 1.14 bits per heavy atom. The molecule has 1 aromatic carbocycles. The molecular formula is C18H23N3. The Balaban J connectivity index is 1.59. The molecule has 0 aliphatic carbocycles. The van der Waals surface area contributed by atoms with Gasteiger partial charge in [-0.25, -0.2) is 0 Å². The van der Waals surface area contributed by atoms with E-state index in [2.05, 4.69) is 40.2 Å². The van der Waals surface area contributed by atoms with E-state index in [4.69, 9.17) is 5.73 Å². The van der Waals surface area contributed by atoms with Gasteiger partial charge in [0, 0.05) is 35.8 Å². The van der Waals surface area contributed by atoms with Crippen molar-refractivity contribution in [1.29, 1.82) is 0 Å². The van der Waals surface area contributed by atoms with Gasteiger partial charge < -0.3 is 5.73 Å². The van der Waals surface area contributed by atoms with Gasteiger partial charge in [0.1, 0.15) is 0 Å². The fourth-order valence-corrected chi connectivity index (χ4v) is 4.16. The maximum Gasteiger partial charge on any atom is 0.0705 e. The maximum atomic E-state index is 6.16. The number of fused-ring (bicyclic) bond motifs is 3. The molecule has 2 bridgehead atoms. The molecule has 2 N–H and O–H groups in total. The van der Waals surface area contributed by atoms with Crippen LogP contribution in [0, 0.1) is 6.92 Å². The first-order valence-corrected chi connectivity index (χ1v) is 8.06. The third-order valence-corrected chi connectivity index (χ3v) is 5.18. The van der Waals surface area contributed by atoms with Crippen LogP contribution in [-0.4, -0.2) is 28.0 Å². The number of aryl methyl sites for hydroxylation is 1. The van der Waals surface area contributed by atoms with E-state index in [1.807, 2.05) is 6.92 Å². The van der Waals surface area contributed by atoms with Gasteiger partial charge >= 0.3 is 0 Å². The lowest BCUT2D eigenvalue weighted by atomic mass is 9.97. The second-order valence-electron chi connectivity index (χ2n) is 6.77. The highest BCUT2D eigenvalue weighted by atomic mass is 15.2. The third-order valence-electron chi connectivity index (χ3n) is 5.18. The molecule has 0 amide bonds. The molecule has 2 atom stereocenters. The summed E-state index contributed by atoms with van der Waals surface area (Å²) < 4.78 is 0. The molecule has 3 heterocycles. The largest absolute Gasteiger partial charge is 0.328 e. The standard InChI is InChI=1S/C18H23N3/c1-12-2-4-14-8-13(3-7-18(14)20-12)11-21-16-5-6-17(21)10-15(19)9-16/h2-4,7-8,15-17H,5-6,9-11,19H2,1H3. The molecule has 0 radical (unpaired) electrons. The van der Waals surface area contributed by atoms with Crippen LogP contribution < -0.4 is 5.73 Å². The summed E-state index contributed by atoms with van der Waals surface area (Å²) in [7, 11) is 0. The Hall–Kier alpha value is -1.45. The van der Waals surface area contributed by atoms with Crippen LogP contribution in [0.25, 0.3) is 10.9 Å². The molecular weight excluding hydrogens is 258 g/mol. The van der Waals surface area contributed by atoms with Gasteiger partial charge in [-0.1, -0.05) is 12.1 Å². The fraction of sp³-hybridized carbons (Fsp3) is 0.500. The van der Waals surface area contributed by atoms with Crippen molar-refractivity contribution in [3.8, 4) is 0 Å². The van der Waals surface area contributed by atoms with E-state index >= 15 is 0 Å². The van der Waals surface area contributed by atoms with Crippen molar-refractivity contribution in [2.75, 3.05) is 0 Å². The van der Waals surface area contributed by atoms with Crippen molar-refractivity contribution in [3.05, 3.63) is 41.6 Å². The van der Waals surface area contributed by atoms with Gasteiger partial charge in [0.25, 0.3) is 0 Å². The van der Waals surface area contributed by atoms with Crippen LogP contribution >= 0.6 is 0 Å². The second kappa shape index (κ2) is 5.08. The van der Waals surface area contributed by atoms with Crippen LogP contribution in [0.2, 0.25) is 0 Å². The number of hydrogen-bond donors (Lipinski definition) is 1. The molecule has 3 nitrogen and oxygen atoms in total. The van der Waals surface area contributed by atoms with Crippen LogP contribution in [0.1, 0.15) is 36.9 Å². The van der Waals surface area contributed by atoms with Gasteiger partial charge in [0.15, 0.2) is 0 Å². The summed E-state index contributed by atoms with van der Waals surface area (Å²) in [5.74, 6) is 0. The SMILES string of the molecule is Cc1ccc2cc(CN3C4CCC3CC(N)C4)ccc2n1. The number of nitrogens with two attached hydrogens (primary N) is 1. The molecule has 110 valence electrons. The zero-order valence-electron chi connectivity index (χ0n) is 12.6. The van der Waals surface area contributed by atoms with Crippen molar-refractivity contribution in [1.82, 2.24) is 9.88 Å². The fourth-order valence-electron chi connectivity index (χ4n) is 4.16. The highest BCUT2D eigenvalue weighted by Gasteiger charge is 2.39. The molecule has 2 saturated heterocycles. The summed E-state index contributed by atoms with van der Waals surface area (Å²) in [4.78, 5) is 7.27. The Morgan fingerprint density at radius 2 is 1.90 bits per heavy atom. The zero-order valence-corrected chi connectivity index (χ0v) is 12.6. The smallest absolute Gasteiger partial charge is 0.0705 e. The molecule has 0 saturated carbocycles. The second-order valence-corrected chi connectivity index (χ2v) is 6.77. The minimum atomic E-state index is 0.419. The molecule has 2 unspecified atom stereocenters. The monoisotopic (exact) mass is 281 g/mol. The quantitative estimate of drug-likeness (QED) is 0.920. The predicted molar refractivity (Wildman–Crippen MR) is 86.0 cm³/mol. The van der Waals surface area contributed by atoms with Crippen molar-refractivity contribution in [2.24, 2.45) is 5.73 Å². The van der Waals surface area contributed by atoms with E-state index in [0.29, 0.717) is 18.1 Å². The lowest BCUT2D eigenvalue weighted by Crippen LogP contribution is -2.46. The molecule has 2 aliphatic rings. The first-order chi connectivity index (χ1) is 10.2. The van der Waals surface area contributed by atoms with Crippen molar-refractivity contribution < 1.29 is 0 Å². The normalized spacial score (nSPS) is 29.1. The van der Waals surface area contributed by atoms with Gasteiger partial charge in [-0.15, -0.1) is 0 Å². The summed E-state index contributed by atoms with van der Waals surface area (Å²) in [6, 6.07) is 12.8. The van der Waals surface area contributed by atoms with E-state index in [9.17, 15) is 0 Å². The van der Waals surface area contributed by atoms with Crippen LogP contribution in [0.4, 0.5) is 0 Å². The van der Waals surface area contributed by atoms with Crippen molar-refractivity contribution >= 4 is 10.9 Å². The van der Waals surface area contributed by atoms with E-state index in [1.165, 1.54) is 36.6 Å². The number of aromatic nitrogens is 1. The Morgan fingerprint density at radius 3 is 2.67 bits per heavy atom. The summed E-state index contributed by atoms with van der Waals surface area (Å²) in [6.07, 6.45) is 5.00. The number of hydrogen-bond acceptors (Lipinski definition) is 3. The lowest BCUT2D eigenvalue weighted by molar-refractivity contribution is 0.120. The van der Waals surface area contributed by atoms with Crippen LogP contribution in [-0.2, 0) is 6.54 Å². The predicted octanol–water partition coefficient (Wildman–Crippen LogP) is 3.00. The summed E-state index contributed by atoms with van der Waals surface area (Å²) in [5, 5.41) is 1.25. The van der Waals surface area contributed by atoms with E-state index in [0.717, 1.165) is 17.8 Å². The topological polar surface area (TPSA) is 42.1 Å². The molecule has 2 fully saturated rings. The van der Waals surface area contributed by atoms with E-state index in [1.54, 1.807) is 0 Å². The Bertz CT molecular complexity index is 653. The minimum absolute atomic E-state index is 0.419. The third kappa shape index (κ3) is 2.45. The summed E-state index contributed by atoms with van der Waals surface area (Å²) in [5.41, 5.74) is 9.75. The average Bonchev–Trinajstić information content (AvgIpc) is 2.70. The van der Waals surface area contributed by atoms with E-state index < -0.39 is 0 Å². The first kappa shape index (κ1) is 13.2. The van der Waals surface area contributed by atoms with Gasteiger partial charge in [-0.3, -0.25) is 9.88 Å². The number of piperidine rings is 1. The van der Waals surface area contributed by atoms with Gasteiger partial charge in [-0.2, -0.15) is 0 Å². The number of rotatable bonds is 2. The van der Waals surface area contributed by atoms with Crippen molar-refractivity contribution in [3.63, 3.8) is 0 Å². The van der Waals surface area contributed by atoms with E-state index in [-0.39, 0.29) is 0 Å². The molecule has 2 aromatic rings. The van der Waals surface area contributed by atoms with Crippen molar-refractivity contribution in [2.45, 2.75) is 57.3 Å². The lowest BCUT2D eigenvalue weighted by Gasteiger charge is -2.37. The molecule has 4 rings (SSSR count). The average molecular weight is 281 g/mol. The molecule has 21 heavy (non-hydrogen) atoms. The van der Waals surface area contributed by atoms with Gasteiger partial charge in [0.2, 0.25) is 0 Å². The van der Waals surface area contributed by atoms with Crippen LogP contribution in [0.15, 0.2) is 30.3 Å². The number of nitrogens with zero attached hydrogens (tertiary/aromatic N) is 2. The van der Waals surface area contributed by atoms with Gasteiger partial charge in [-0.05, 0) is 56.4 Å². The molecule has 3 heteroatoms. The highest BCUT2D eigenvalue weighted by Crippen LogP contribution is 2.36.